The lowest BCUT2D eigenvalue weighted by atomic mass is 9.90. The molecule has 0 amide bonds. The Morgan fingerprint density at radius 1 is 0.909 bits per heavy atom. The molecule has 0 radical (unpaired) electrons. The molecule has 0 bridgehead atoms. The largest absolute Gasteiger partial charge is 0.466 e. The van der Waals surface area contributed by atoms with Crippen LogP contribution < -0.4 is 0 Å². The van der Waals surface area contributed by atoms with Crippen molar-refractivity contribution < 1.29 is 19.1 Å². The van der Waals surface area contributed by atoms with Gasteiger partial charge in [-0.25, -0.2) is 0 Å². The Bertz CT molecular complexity index is 318. The molecule has 0 aromatic rings. The third kappa shape index (κ3) is 11.6. The van der Waals surface area contributed by atoms with Gasteiger partial charge in [-0.05, 0) is 25.2 Å². The van der Waals surface area contributed by atoms with Gasteiger partial charge >= 0.3 is 11.9 Å². The average molecular weight is 314 g/mol. The van der Waals surface area contributed by atoms with E-state index in [1.54, 1.807) is 0 Å². The van der Waals surface area contributed by atoms with Crippen molar-refractivity contribution in [2.45, 2.75) is 92.1 Å². The molecule has 4 heteroatoms. The highest BCUT2D eigenvalue weighted by atomic mass is 16.5. The van der Waals surface area contributed by atoms with Crippen LogP contribution in [0.1, 0.15) is 86.0 Å². The fraction of sp³-hybridized carbons (Fsp3) is 0.889. The molecule has 0 aliphatic rings. The predicted octanol–water partition coefficient (Wildman–Crippen LogP) is 4.65. The number of rotatable bonds is 11. The van der Waals surface area contributed by atoms with E-state index in [2.05, 4.69) is 6.92 Å². The van der Waals surface area contributed by atoms with Gasteiger partial charge in [0.2, 0.25) is 0 Å². The number of hydrogen-bond donors (Lipinski definition) is 0. The summed E-state index contributed by atoms with van der Waals surface area (Å²) in [4.78, 5) is 23.2. The van der Waals surface area contributed by atoms with E-state index in [1.165, 1.54) is 19.3 Å². The van der Waals surface area contributed by atoms with Crippen LogP contribution in [0.4, 0.5) is 0 Å². The molecule has 0 spiro atoms. The molecule has 1 unspecified atom stereocenters. The molecule has 22 heavy (non-hydrogen) atoms. The van der Waals surface area contributed by atoms with Gasteiger partial charge < -0.3 is 9.47 Å². The van der Waals surface area contributed by atoms with E-state index in [1.807, 2.05) is 27.7 Å². The molecular formula is C18H34O4. The van der Waals surface area contributed by atoms with Crippen LogP contribution in [0.5, 0.6) is 0 Å². The summed E-state index contributed by atoms with van der Waals surface area (Å²) in [6.45, 7) is 10.7. The molecule has 1 atom stereocenters. The predicted molar refractivity (Wildman–Crippen MR) is 88.6 cm³/mol. The number of carbonyl (C=O) groups excluding carboxylic acids is 2. The summed E-state index contributed by atoms with van der Waals surface area (Å²) in [6, 6.07) is 0. The van der Waals surface area contributed by atoms with Gasteiger partial charge in [-0.1, -0.05) is 53.4 Å². The third-order valence-corrected chi connectivity index (χ3v) is 3.80. The molecule has 0 saturated heterocycles. The molecule has 0 aliphatic carbocycles. The maximum atomic E-state index is 11.7. The zero-order valence-electron chi connectivity index (χ0n) is 15.1. The van der Waals surface area contributed by atoms with E-state index < -0.39 is 0 Å². The Labute approximate surface area is 135 Å². The lowest BCUT2D eigenvalue weighted by Gasteiger charge is -2.26. The highest BCUT2D eigenvalue weighted by molar-refractivity contribution is 5.72. The van der Waals surface area contributed by atoms with E-state index in [9.17, 15) is 9.59 Å². The fourth-order valence-electron chi connectivity index (χ4n) is 1.77. The second kappa shape index (κ2) is 11.5. The zero-order valence-corrected chi connectivity index (χ0v) is 15.1. The van der Waals surface area contributed by atoms with Crippen LogP contribution in [-0.2, 0) is 19.1 Å². The highest BCUT2D eigenvalue weighted by Gasteiger charge is 2.23. The second-order valence-electron chi connectivity index (χ2n) is 6.99. The lowest BCUT2D eigenvalue weighted by molar-refractivity contribution is -0.153. The van der Waals surface area contributed by atoms with Crippen LogP contribution in [0, 0.1) is 5.41 Å². The highest BCUT2D eigenvalue weighted by Crippen LogP contribution is 2.22. The lowest BCUT2D eigenvalue weighted by Crippen LogP contribution is -2.28. The van der Waals surface area contributed by atoms with Crippen molar-refractivity contribution in [3.63, 3.8) is 0 Å². The van der Waals surface area contributed by atoms with Crippen molar-refractivity contribution >= 4 is 11.9 Å². The van der Waals surface area contributed by atoms with Crippen molar-refractivity contribution in [1.29, 1.82) is 0 Å². The summed E-state index contributed by atoms with van der Waals surface area (Å²) < 4.78 is 10.5. The van der Waals surface area contributed by atoms with Gasteiger partial charge in [0.25, 0.3) is 0 Å². The molecule has 0 N–H and O–H groups in total. The molecule has 0 saturated carbocycles. The zero-order chi connectivity index (χ0) is 17.0. The van der Waals surface area contributed by atoms with E-state index in [4.69, 9.17) is 9.47 Å². The summed E-state index contributed by atoms with van der Waals surface area (Å²) in [5.74, 6) is -0.457. The van der Waals surface area contributed by atoms with Gasteiger partial charge in [-0.2, -0.15) is 0 Å². The molecular weight excluding hydrogens is 280 g/mol. The first kappa shape index (κ1) is 20.9. The van der Waals surface area contributed by atoms with Crippen molar-refractivity contribution in [3.05, 3.63) is 0 Å². The topological polar surface area (TPSA) is 52.6 Å². The van der Waals surface area contributed by atoms with Gasteiger partial charge in [0.1, 0.15) is 6.10 Å². The van der Waals surface area contributed by atoms with Crippen LogP contribution in [-0.4, -0.2) is 24.6 Å². The Morgan fingerprint density at radius 2 is 1.50 bits per heavy atom. The summed E-state index contributed by atoms with van der Waals surface area (Å²) in [5.41, 5.74) is -0.0631. The van der Waals surface area contributed by atoms with Crippen LogP contribution in [0.3, 0.4) is 0 Å². The second-order valence-corrected chi connectivity index (χ2v) is 6.99. The van der Waals surface area contributed by atoms with Crippen molar-refractivity contribution in [3.8, 4) is 0 Å². The standard InChI is InChI=1S/C18H34O4/c1-6-7-8-9-10-14-21-16(19)12-11-13-17(20)22-15(2)18(3,4)5/h15H,6-14H2,1-5H3. The smallest absolute Gasteiger partial charge is 0.306 e. The number of ether oxygens (including phenoxy) is 2. The van der Waals surface area contributed by atoms with Gasteiger partial charge in [-0.15, -0.1) is 0 Å². The van der Waals surface area contributed by atoms with E-state index in [-0.39, 0.29) is 36.3 Å². The molecule has 0 aliphatic heterocycles. The third-order valence-electron chi connectivity index (χ3n) is 3.80. The SMILES string of the molecule is CCCCCCCOC(=O)CCCC(=O)OC(C)C(C)(C)C. The number of carbonyl (C=O) groups is 2. The maximum absolute atomic E-state index is 11.7. The average Bonchev–Trinajstić information content (AvgIpc) is 2.41. The maximum Gasteiger partial charge on any atom is 0.306 e. The van der Waals surface area contributed by atoms with Gasteiger partial charge in [-0.3, -0.25) is 9.59 Å². The number of esters is 2. The summed E-state index contributed by atoms with van der Waals surface area (Å²) in [7, 11) is 0. The van der Waals surface area contributed by atoms with Gasteiger partial charge in [0, 0.05) is 12.8 Å². The number of unbranched alkanes of at least 4 members (excludes halogenated alkanes) is 4. The quantitative estimate of drug-likeness (QED) is 0.411. The van der Waals surface area contributed by atoms with Crippen LogP contribution in [0.2, 0.25) is 0 Å². The minimum Gasteiger partial charge on any atom is -0.466 e. The Balaban J connectivity index is 3.61. The van der Waals surface area contributed by atoms with E-state index in [0.717, 1.165) is 12.8 Å². The van der Waals surface area contributed by atoms with Gasteiger partial charge in [0.05, 0.1) is 6.61 Å². The molecule has 0 rings (SSSR count). The molecule has 0 heterocycles. The van der Waals surface area contributed by atoms with E-state index in [0.29, 0.717) is 13.0 Å². The molecule has 4 nitrogen and oxygen atoms in total. The van der Waals surface area contributed by atoms with Gasteiger partial charge in [0.15, 0.2) is 0 Å². The first-order valence-corrected chi connectivity index (χ1v) is 8.62. The summed E-state index contributed by atoms with van der Waals surface area (Å²) in [5, 5.41) is 0. The van der Waals surface area contributed by atoms with Crippen molar-refractivity contribution in [2.75, 3.05) is 6.61 Å². The normalized spacial score (nSPS) is 12.8. The molecule has 130 valence electrons. The minimum absolute atomic E-state index is 0.0631. The minimum atomic E-state index is -0.241. The van der Waals surface area contributed by atoms with Crippen LogP contribution in [0.15, 0.2) is 0 Å². The monoisotopic (exact) mass is 314 g/mol. The summed E-state index contributed by atoms with van der Waals surface area (Å²) in [6.07, 6.45) is 6.60. The van der Waals surface area contributed by atoms with Crippen LogP contribution in [0.25, 0.3) is 0 Å². The molecule has 0 fully saturated rings. The van der Waals surface area contributed by atoms with Crippen molar-refractivity contribution in [2.24, 2.45) is 5.41 Å². The first-order chi connectivity index (χ1) is 10.3. The van der Waals surface area contributed by atoms with Crippen molar-refractivity contribution in [1.82, 2.24) is 0 Å². The summed E-state index contributed by atoms with van der Waals surface area (Å²) >= 11 is 0. The molecule has 0 aromatic heterocycles. The van der Waals surface area contributed by atoms with E-state index >= 15 is 0 Å². The Hall–Kier alpha value is -1.06. The molecule has 0 aromatic carbocycles. The van der Waals surface area contributed by atoms with Crippen LogP contribution >= 0.6 is 0 Å². The first-order valence-electron chi connectivity index (χ1n) is 8.62. The Kier molecular flexibility index (Phi) is 10.9. The Morgan fingerprint density at radius 3 is 2.09 bits per heavy atom. The fourth-order valence-corrected chi connectivity index (χ4v) is 1.77. The number of hydrogen-bond acceptors (Lipinski definition) is 4.